The van der Waals surface area contributed by atoms with E-state index in [0.29, 0.717) is 12.3 Å². The first kappa shape index (κ1) is 20.4. The van der Waals surface area contributed by atoms with E-state index in [4.69, 9.17) is 0 Å². The van der Waals surface area contributed by atoms with Gasteiger partial charge in [-0.1, -0.05) is 30.3 Å². The van der Waals surface area contributed by atoms with Gasteiger partial charge in [-0.05, 0) is 50.9 Å². The zero-order valence-corrected chi connectivity index (χ0v) is 16.3. The number of carbonyl (C=O) groups is 1. The Balaban J connectivity index is 0.00000243. The molecule has 26 heavy (non-hydrogen) atoms. The molecule has 1 fully saturated rings. The number of likely N-dealkylation sites (tertiary alicyclic amines) is 1. The lowest BCUT2D eigenvalue weighted by atomic mass is 9.96. The van der Waals surface area contributed by atoms with Crippen LogP contribution in [0.1, 0.15) is 31.2 Å². The minimum absolute atomic E-state index is 0. The highest BCUT2D eigenvalue weighted by Gasteiger charge is 2.24. The summed E-state index contributed by atoms with van der Waals surface area (Å²) in [4.78, 5) is 14.6. The van der Waals surface area contributed by atoms with Gasteiger partial charge in [0.1, 0.15) is 0 Å². The van der Waals surface area contributed by atoms with E-state index >= 15 is 0 Å². The van der Waals surface area contributed by atoms with Crippen LogP contribution in [0, 0.1) is 12.8 Å². The molecule has 0 unspecified atom stereocenters. The monoisotopic (exact) mass is 377 g/mol. The normalized spacial score (nSPS) is 14.9. The largest absolute Gasteiger partial charge is 0.342 e. The molecule has 2 aromatic rings. The molecule has 7 heteroatoms. The van der Waals surface area contributed by atoms with Gasteiger partial charge < -0.3 is 10.2 Å². The van der Waals surface area contributed by atoms with Crippen LogP contribution in [0.5, 0.6) is 0 Å². The smallest absolute Gasteiger partial charge is 0.228 e. The number of halogens is 1. The van der Waals surface area contributed by atoms with Crippen molar-refractivity contribution in [3.63, 3.8) is 0 Å². The summed E-state index contributed by atoms with van der Waals surface area (Å²) in [7, 11) is 0. The van der Waals surface area contributed by atoms with Gasteiger partial charge in [-0.3, -0.25) is 4.79 Å². The Morgan fingerprint density at radius 1 is 1.23 bits per heavy atom. The Kier molecular flexibility index (Phi) is 7.60. The third-order valence-corrected chi connectivity index (χ3v) is 4.96. The van der Waals surface area contributed by atoms with Crippen LogP contribution in [0.2, 0.25) is 0 Å². The highest BCUT2D eigenvalue weighted by atomic mass is 35.5. The van der Waals surface area contributed by atoms with Gasteiger partial charge in [-0.2, -0.15) is 0 Å². The van der Waals surface area contributed by atoms with E-state index in [-0.39, 0.29) is 18.3 Å². The van der Waals surface area contributed by atoms with E-state index in [9.17, 15) is 4.79 Å². The number of nitrogens with one attached hydrogen (secondary N) is 1. The van der Waals surface area contributed by atoms with E-state index in [1.807, 2.05) is 42.2 Å². The van der Waals surface area contributed by atoms with Crippen molar-refractivity contribution in [3.05, 3.63) is 41.7 Å². The summed E-state index contributed by atoms with van der Waals surface area (Å²) >= 11 is 0. The number of amides is 1. The molecule has 142 valence electrons. The zero-order valence-electron chi connectivity index (χ0n) is 15.5. The average Bonchev–Trinajstić information content (AvgIpc) is 3.01. The second-order valence-electron chi connectivity index (χ2n) is 6.68. The summed E-state index contributed by atoms with van der Waals surface area (Å²) in [6, 6.07) is 9.89. The van der Waals surface area contributed by atoms with Gasteiger partial charge in [-0.15, -0.1) is 17.5 Å². The summed E-state index contributed by atoms with van der Waals surface area (Å²) in [6.07, 6.45) is 2.49. The SMILES string of the molecule is CCNCC1CCN(C(=O)Cc2nnn(-c3ccccc3)c2C)CC1.Cl. The fourth-order valence-electron chi connectivity index (χ4n) is 3.33. The number of para-hydroxylation sites is 1. The number of carbonyl (C=O) groups excluding carboxylic acids is 1. The van der Waals surface area contributed by atoms with Gasteiger partial charge in [-0.25, -0.2) is 4.68 Å². The number of aromatic nitrogens is 3. The minimum Gasteiger partial charge on any atom is -0.342 e. The molecule has 1 aromatic heterocycles. The lowest BCUT2D eigenvalue weighted by molar-refractivity contribution is -0.131. The van der Waals surface area contributed by atoms with Crippen molar-refractivity contribution >= 4 is 18.3 Å². The van der Waals surface area contributed by atoms with Gasteiger partial charge in [0.25, 0.3) is 0 Å². The van der Waals surface area contributed by atoms with Crippen molar-refractivity contribution in [2.24, 2.45) is 5.92 Å². The second kappa shape index (κ2) is 9.69. The Labute approximate surface area is 161 Å². The fourth-order valence-corrected chi connectivity index (χ4v) is 3.33. The number of piperidine rings is 1. The molecule has 1 amide bonds. The number of hydrogen-bond donors (Lipinski definition) is 1. The van der Waals surface area contributed by atoms with E-state index in [2.05, 4.69) is 22.6 Å². The van der Waals surface area contributed by atoms with E-state index in [1.165, 1.54) is 0 Å². The Morgan fingerprint density at radius 2 is 1.92 bits per heavy atom. The fraction of sp³-hybridized carbons (Fsp3) is 0.526. The van der Waals surface area contributed by atoms with Crippen LogP contribution in [0.4, 0.5) is 0 Å². The molecule has 0 radical (unpaired) electrons. The van der Waals surface area contributed by atoms with Crippen LogP contribution in [0.25, 0.3) is 5.69 Å². The Hall–Kier alpha value is -1.92. The number of hydrogen-bond acceptors (Lipinski definition) is 4. The lowest BCUT2D eigenvalue weighted by Crippen LogP contribution is -2.41. The van der Waals surface area contributed by atoms with Gasteiger partial charge in [0.05, 0.1) is 23.5 Å². The summed E-state index contributed by atoms with van der Waals surface area (Å²) in [5.74, 6) is 0.842. The van der Waals surface area contributed by atoms with Gasteiger partial charge >= 0.3 is 0 Å². The lowest BCUT2D eigenvalue weighted by Gasteiger charge is -2.32. The topological polar surface area (TPSA) is 63.1 Å². The highest BCUT2D eigenvalue weighted by molar-refractivity contribution is 5.85. The maximum absolute atomic E-state index is 12.6. The molecular weight excluding hydrogens is 350 g/mol. The Bertz CT molecular complexity index is 695. The minimum atomic E-state index is 0. The molecule has 6 nitrogen and oxygen atoms in total. The Morgan fingerprint density at radius 3 is 2.58 bits per heavy atom. The average molecular weight is 378 g/mol. The van der Waals surface area contributed by atoms with Crippen LogP contribution in [0.3, 0.4) is 0 Å². The van der Waals surface area contributed by atoms with Crippen LogP contribution in [0.15, 0.2) is 30.3 Å². The molecule has 0 spiro atoms. The van der Waals surface area contributed by atoms with Crippen molar-refractivity contribution in [2.45, 2.75) is 33.1 Å². The molecule has 1 aliphatic rings. The van der Waals surface area contributed by atoms with Crippen molar-refractivity contribution in [1.29, 1.82) is 0 Å². The van der Waals surface area contributed by atoms with Gasteiger partial charge in [0, 0.05) is 13.1 Å². The predicted molar refractivity (Wildman–Crippen MR) is 105 cm³/mol. The number of rotatable bonds is 6. The standard InChI is InChI=1S/C19H27N5O.ClH/c1-3-20-14-16-9-11-23(12-10-16)19(25)13-18-15(2)24(22-21-18)17-7-5-4-6-8-17;/h4-8,16,20H,3,9-14H2,1-2H3;1H. The number of benzene rings is 1. The van der Waals surface area contributed by atoms with E-state index in [0.717, 1.165) is 56.1 Å². The quantitative estimate of drug-likeness (QED) is 0.839. The van der Waals surface area contributed by atoms with Crippen LogP contribution in [-0.4, -0.2) is 52.0 Å². The summed E-state index contributed by atoms with van der Waals surface area (Å²) in [5.41, 5.74) is 2.67. The summed E-state index contributed by atoms with van der Waals surface area (Å²) < 4.78 is 1.80. The molecule has 2 heterocycles. The van der Waals surface area contributed by atoms with Crippen molar-refractivity contribution in [2.75, 3.05) is 26.2 Å². The molecule has 0 saturated carbocycles. The summed E-state index contributed by atoms with van der Waals surface area (Å²) in [5, 5.41) is 11.9. The molecular formula is C19H28ClN5O. The summed E-state index contributed by atoms with van der Waals surface area (Å²) in [6.45, 7) is 7.86. The van der Waals surface area contributed by atoms with Crippen molar-refractivity contribution in [1.82, 2.24) is 25.2 Å². The first-order chi connectivity index (χ1) is 12.2. The van der Waals surface area contributed by atoms with E-state index < -0.39 is 0 Å². The number of nitrogens with zero attached hydrogens (tertiary/aromatic N) is 4. The maximum Gasteiger partial charge on any atom is 0.228 e. The molecule has 0 aliphatic carbocycles. The zero-order chi connectivity index (χ0) is 17.6. The molecule has 1 saturated heterocycles. The third kappa shape index (κ3) is 4.83. The third-order valence-electron chi connectivity index (χ3n) is 4.96. The molecule has 0 atom stereocenters. The highest BCUT2D eigenvalue weighted by Crippen LogP contribution is 2.18. The van der Waals surface area contributed by atoms with Crippen molar-refractivity contribution in [3.8, 4) is 5.69 Å². The molecule has 1 aliphatic heterocycles. The first-order valence-corrected chi connectivity index (χ1v) is 9.14. The van der Waals surface area contributed by atoms with Crippen LogP contribution >= 0.6 is 12.4 Å². The van der Waals surface area contributed by atoms with Gasteiger partial charge in [0.2, 0.25) is 5.91 Å². The molecule has 1 N–H and O–H groups in total. The van der Waals surface area contributed by atoms with Crippen LogP contribution < -0.4 is 5.32 Å². The predicted octanol–water partition coefficient (Wildman–Crippen LogP) is 2.39. The molecule has 3 rings (SSSR count). The van der Waals surface area contributed by atoms with Gasteiger partial charge in [0.15, 0.2) is 0 Å². The molecule has 1 aromatic carbocycles. The maximum atomic E-state index is 12.6. The van der Waals surface area contributed by atoms with E-state index in [1.54, 1.807) is 4.68 Å². The molecule has 0 bridgehead atoms. The van der Waals surface area contributed by atoms with Crippen molar-refractivity contribution < 1.29 is 4.79 Å². The van der Waals surface area contributed by atoms with Crippen LogP contribution in [-0.2, 0) is 11.2 Å². The first-order valence-electron chi connectivity index (χ1n) is 9.14. The second-order valence-corrected chi connectivity index (χ2v) is 6.68.